The highest BCUT2D eigenvalue weighted by molar-refractivity contribution is 7.21. The Morgan fingerprint density at radius 3 is 2.50 bits per heavy atom. The molecule has 32 heavy (non-hydrogen) atoms. The van der Waals surface area contributed by atoms with E-state index < -0.39 is 6.36 Å². The SMILES string of the molecule is CC(C)c1ccccc1N/N=C/c1ccc2sc(-c3ccc(OC(F)(F)F)cc3)nc2c1. The van der Waals surface area contributed by atoms with Gasteiger partial charge in [-0.15, -0.1) is 24.5 Å². The van der Waals surface area contributed by atoms with Crippen LogP contribution in [0.15, 0.2) is 71.8 Å². The van der Waals surface area contributed by atoms with Gasteiger partial charge in [-0.05, 0) is 59.5 Å². The normalized spacial score (nSPS) is 12.1. The Labute approximate surface area is 187 Å². The van der Waals surface area contributed by atoms with Gasteiger partial charge >= 0.3 is 6.36 Å². The largest absolute Gasteiger partial charge is 0.573 e. The standard InChI is InChI=1S/C24H20F3N3OS/c1-15(2)19-5-3-4-6-20(19)30-28-14-16-7-12-22-21(13-16)29-23(32-22)17-8-10-18(11-9-17)31-24(25,26)27/h3-15,30H,1-2H3/b28-14+. The Hall–Kier alpha value is -3.39. The topological polar surface area (TPSA) is 46.5 Å². The van der Waals surface area contributed by atoms with Gasteiger partial charge in [0.2, 0.25) is 0 Å². The lowest BCUT2D eigenvalue weighted by Crippen LogP contribution is -2.16. The first-order valence-corrected chi connectivity index (χ1v) is 10.7. The van der Waals surface area contributed by atoms with Gasteiger partial charge in [-0.1, -0.05) is 38.1 Å². The van der Waals surface area contributed by atoms with Crippen molar-refractivity contribution in [3.8, 4) is 16.3 Å². The van der Waals surface area contributed by atoms with Crippen LogP contribution in [0.3, 0.4) is 0 Å². The molecule has 3 aromatic carbocycles. The van der Waals surface area contributed by atoms with Gasteiger partial charge in [-0.25, -0.2) is 4.98 Å². The van der Waals surface area contributed by atoms with E-state index in [1.54, 1.807) is 18.3 Å². The van der Waals surface area contributed by atoms with Gasteiger partial charge in [0.15, 0.2) is 0 Å². The molecule has 0 saturated heterocycles. The number of hydrogen-bond donors (Lipinski definition) is 1. The molecule has 0 atom stereocenters. The molecule has 0 aliphatic heterocycles. The summed E-state index contributed by atoms with van der Waals surface area (Å²) in [5.74, 6) is 0.125. The van der Waals surface area contributed by atoms with Crippen LogP contribution in [0.1, 0.15) is 30.9 Å². The van der Waals surface area contributed by atoms with E-state index in [1.165, 1.54) is 29.0 Å². The maximum atomic E-state index is 12.3. The number of ether oxygens (including phenoxy) is 1. The number of hydrazone groups is 1. The molecular weight excluding hydrogens is 435 g/mol. The number of nitrogens with one attached hydrogen (secondary N) is 1. The zero-order valence-electron chi connectivity index (χ0n) is 17.4. The average molecular weight is 456 g/mol. The number of fused-ring (bicyclic) bond motifs is 1. The van der Waals surface area contributed by atoms with Crippen LogP contribution in [-0.2, 0) is 0 Å². The van der Waals surface area contributed by atoms with Crippen molar-refractivity contribution in [3.63, 3.8) is 0 Å². The number of anilines is 1. The molecule has 0 radical (unpaired) electrons. The molecule has 0 unspecified atom stereocenters. The number of halogens is 3. The average Bonchev–Trinajstić information content (AvgIpc) is 3.17. The molecule has 1 heterocycles. The summed E-state index contributed by atoms with van der Waals surface area (Å²) in [6.45, 7) is 4.27. The van der Waals surface area contributed by atoms with Gasteiger partial charge in [-0.3, -0.25) is 5.43 Å². The molecule has 0 saturated carbocycles. The Kier molecular flexibility index (Phi) is 6.14. The third-order valence-electron chi connectivity index (χ3n) is 4.73. The molecule has 1 N–H and O–H groups in total. The number of hydrogen-bond acceptors (Lipinski definition) is 5. The maximum Gasteiger partial charge on any atom is 0.573 e. The number of para-hydroxylation sites is 1. The van der Waals surface area contributed by atoms with Crippen LogP contribution in [-0.4, -0.2) is 17.6 Å². The van der Waals surface area contributed by atoms with Gasteiger partial charge in [0.1, 0.15) is 10.8 Å². The molecule has 0 aliphatic carbocycles. The number of aromatic nitrogens is 1. The number of alkyl halides is 3. The van der Waals surface area contributed by atoms with E-state index >= 15 is 0 Å². The molecule has 0 aliphatic rings. The van der Waals surface area contributed by atoms with Crippen LogP contribution in [0.5, 0.6) is 5.75 Å². The first-order valence-electron chi connectivity index (χ1n) is 9.93. The highest BCUT2D eigenvalue weighted by Crippen LogP contribution is 2.32. The zero-order valence-corrected chi connectivity index (χ0v) is 18.2. The van der Waals surface area contributed by atoms with Gasteiger partial charge in [0.25, 0.3) is 0 Å². The second kappa shape index (κ2) is 9.00. The monoisotopic (exact) mass is 455 g/mol. The van der Waals surface area contributed by atoms with E-state index in [-0.39, 0.29) is 5.75 Å². The molecule has 0 spiro atoms. The molecule has 0 fully saturated rings. The Balaban J connectivity index is 1.50. The fourth-order valence-corrected chi connectivity index (χ4v) is 4.18. The molecule has 4 nitrogen and oxygen atoms in total. The molecule has 0 amide bonds. The van der Waals surface area contributed by atoms with Crippen molar-refractivity contribution in [2.45, 2.75) is 26.1 Å². The molecular formula is C24H20F3N3OS. The van der Waals surface area contributed by atoms with Crippen molar-refractivity contribution in [2.24, 2.45) is 5.10 Å². The lowest BCUT2D eigenvalue weighted by molar-refractivity contribution is -0.274. The first-order chi connectivity index (χ1) is 15.3. The lowest BCUT2D eigenvalue weighted by Gasteiger charge is -2.11. The predicted molar refractivity (Wildman–Crippen MR) is 123 cm³/mol. The molecule has 0 bridgehead atoms. The molecule has 4 rings (SSSR count). The summed E-state index contributed by atoms with van der Waals surface area (Å²) in [5, 5.41) is 5.08. The highest BCUT2D eigenvalue weighted by atomic mass is 32.1. The van der Waals surface area contributed by atoms with Gasteiger partial charge in [0.05, 0.1) is 22.1 Å². The summed E-state index contributed by atoms with van der Waals surface area (Å²) < 4.78 is 41.9. The minimum Gasteiger partial charge on any atom is -0.406 e. The van der Waals surface area contributed by atoms with E-state index in [0.717, 1.165) is 32.0 Å². The van der Waals surface area contributed by atoms with Crippen LogP contribution in [0.2, 0.25) is 0 Å². The summed E-state index contributed by atoms with van der Waals surface area (Å²) >= 11 is 1.47. The fourth-order valence-electron chi connectivity index (χ4n) is 3.23. The zero-order chi connectivity index (χ0) is 22.7. The summed E-state index contributed by atoms with van der Waals surface area (Å²) in [6.07, 6.45) is -2.97. The first kappa shape index (κ1) is 21.8. The number of nitrogens with zero attached hydrogens (tertiary/aromatic N) is 2. The van der Waals surface area contributed by atoms with E-state index in [2.05, 4.69) is 40.2 Å². The lowest BCUT2D eigenvalue weighted by atomic mass is 10.0. The van der Waals surface area contributed by atoms with Crippen molar-refractivity contribution in [1.82, 2.24) is 4.98 Å². The Morgan fingerprint density at radius 1 is 1.03 bits per heavy atom. The third kappa shape index (κ3) is 5.26. The van der Waals surface area contributed by atoms with Crippen molar-refractivity contribution >= 4 is 33.5 Å². The van der Waals surface area contributed by atoms with E-state index in [9.17, 15) is 13.2 Å². The number of thiazole rings is 1. The minimum absolute atomic E-state index is 0.257. The smallest absolute Gasteiger partial charge is 0.406 e. The van der Waals surface area contributed by atoms with E-state index in [1.807, 2.05) is 36.4 Å². The van der Waals surface area contributed by atoms with Gasteiger partial charge < -0.3 is 4.74 Å². The second-order valence-corrected chi connectivity index (χ2v) is 8.46. The summed E-state index contributed by atoms with van der Waals surface area (Å²) in [7, 11) is 0. The van der Waals surface area contributed by atoms with Crippen molar-refractivity contribution in [2.75, 3.05) is 5.43 Å². The van der Waals surface area contributed by atoms with Crippen LogP contribution in [0.4, 0.5) is 18.9 Å². The quantitative estimate of drug-likeness (QED) is 0.243. The second-order valence-electron chi connectivity index (χ2n) is 7.43. The van der Waals surface area contributed by atoms with Crippen LogP contribution >= 0.6 is 11.3 Å². The maximum absolute atomic E-state index is 12.3. The van der Waals surface area contributed by atoms with Crippen molar-refractivity contribution < 1.29 is 17.9 Å². The van der Waals surface area contributed by atoms with Crippen molar-refractivity contribution in [1.29, 1.82) is 0 Å². The highest BCUT2D eigenvalue weighted by Gasteiger charge is 2.31. The van der Waals surface area contributed by atoms with Crippen molar-refractivity contribution in [3.05, 3.63) is 77.9 Å². The third-order valence-corrected chi connectivity index (χ3v) is 5.81. The summed E-state index contributed by atoms with van der Waals surface area (Å²) in [5.41, 5.74) is 7.67. The minimum atomic E-state index is -4.71. The van der Waals surface area contributed by atoms with E-state index in [0.29, 0.717) is 5.92 Å². The number of benzene rings is 3. The fraction of sp³-hybridized carbons (Fsp3) is 0.167. The Bertz CT molecular complexity index is 1250. The van der Waals surface area contributed by atoms with Gasteiger partial charge in [0, 0.05) is 5.56 Å². The predicted octanol–water partition coefficient (Wildman–Crippen LogP) is 7.43. The molecule has 1 aromatic heterocycles. The summed E-state index contributed by atoms with van der Waals surface area (Å²) in [4.78, 5) is 4.62. The number of rotatable bonds is 6. The van der Waals surface area contributed by atoms with E-state index in [4.69, 9.17) is 0 Å². The van der Waals surface area contributed by atoms with Crippen LogP contribution in [0, 0.1) is 0 Å². The van der Waals surface area contributed by atoms with Crippen LogP contribution in [0.25, 0.3) is 20.8 Å². The van der Waals surface area contributed by atoms with Gasteiger partial charge in [-0.2, -0.15) is 5.10 Å². The van der Waals surface area contributed by atoms with Crippen LogP contribution < -0.4 is 10.2 Å². The molecule has 8 heteroatoms. The molecule has 164 valence electrons. The molecule has 4 aromatic rings. The summed E-state index contributed by atoms with van der Waals surface area (Å²) in [6, 6.07) is 19.6. The Morgan fingerprint density at radius 2 is 1.78 bits per heavy atom.